The highest BCUT2D eigenvalue weighted by atomic mass is 28.4. The third-order valence-electron chi connectivity index (χ3n) is 10.9. The zero-order valence-electron chi connectivity index (χ0n) is 31.0. The van der Waals surface area contributed by atoms with Crippen molar-refractivity contribution in [1.29, 1.82) is 0 Å². The second-order valence-corrected chi connectivity index (χ2v) is 37.5. The van der Waals surface area contributed by atoms with Gasteiger partial charge in [0.25, 0.3) is 0 Å². The van der Waals surface area contributed by atoms with Gasteiger partial charge in [-0.05, 0) is 72.5 Å². The molecule has 1 rings (SSSR count). The van der Waals surface area contributed by atoms with E-state index < -0.39 is 45.7 Å². The van der Waals surface area contributed by atoms with Gasteiger partial charge in [-0.1, -0.05) is 83.1 Å². The van der Waals surface area contributed by atoms with Gasteiger partial charge in [-0.3, -0.25) is 0 Å². The van der Waals surface area contributed by atoms with Crippen LogP contribution in [-0.2, 0) is 27.2 Å². The molecule has 246 valence electrons. The lowest BCUT2D eigenvalue weighted by atomic mass is 9.99. The van der Waals surface area contributed by atoms with Crippen LogP contribution in [0.25, 0.3) is 0 Å². The van der Waals surface area contributed by atoms with Gasteiger partial charge in [0, 0.05) is 7.11 Å². The van der Waals surface area contributed by atoms with Crippen molar-refractivity contribution in [2.45, 2.75) is 186 Å². The average molecular weight is 651 g/mol. The summed E-state index contributed by atoms with van der Waals surface area (Å²) in [5.74, 6) is 0. The quantitative estimate of drug-likeness (QED) is 0.220. The van der Waals surface area contributed by atoms with Gasteiger partial charge in [-0.15, -0.1) is 0 Å². The summed E-state index contributed by atoms with van der Waals surface area (Å²) < 4.78 is 41.6. The fourth-order valence-electron chi connectivity index (χ4n) is 3.66. The van der Waals surface area contributed by atoms with Crippen LogP contribution < -0.4 is 0 Å². The van der Waals surface area contributed by atoms with Crippen LogP contribution in [-0.4, -0.2) is 77.7 Å². The summed E-state index contributed by atoms with van der Waals surface area (Å²) in [5, 5.41) is 0.144. The highest BCUT2D eigenvalue weighted by molar-refractivity contribution is 6.75. The molecule has 1 heterocycles. The molecular weight excluding hydrogens is 581 g/mol. The highest BCUT2D eigenvalue weighted by Gasteiger charge is 2.57. The van der Waals surface area contributed by atoms with Crippen LogP contribution in [0.15, 0.2) is 0 Å². The van der Waals surface area contributed by atoms with Gasteiger partial charge in [-0.2, -0.15) is 0 Å². The van der Waals surface area contributed by atoms with Crippen molar-refractivity contribution < 1.29 is 27.2 Å². The van der Waals surface area contributed by atoms with Gasteiger partial charge >= 0.3 is 0 Å². The van der Waals surface area contributed by atoms with E-state index in [4.69, 9.17) is 27.2 Å². The summed E-state index contributed by atoms with van der Waals surface area (Å²) in [7, 11) is -7.05. The van der Waals surface area contributed by atoms with Crippen LogP contribution >= 0.6 is 0 Å². The second-order valence-electron chi connectivity index (χ2n) is 18.4. The van der Waals surface area contributed by atoms with E-state index in [9.17, 15) is 0 Å². The van der Waals surface area contributed by atoms with E-state index in [1.165, 1.54) is 0 Å². The topological polar surface area (TPSA) is 55.4 Å². The number of rotatable bonds is 10. The summed E-state index contributed by atoms with van der Waals surface area (Å²) in [4.78, 5) is 0. The Kier molecular flexibility index (Phi) is 12.4. The Hall–Kier alpha value is 0.628. The van der Waals surface area contributed by atoms with Crippen LogP contribution in [0.4, 0.5) is 0 Å². The maximum Gasteiger partial charge on any atom is 0.192 e. The van der Waals surface area contributed by atoms with Gasteiger partial charge in [0.1, 0.15) is 24.4 Å². The molecule has 6 nitrogen and oxygen atoms in total. The van der Waals surface area contributed by atoms with Crippen LogP contribution in [0.1, 0.15) is 83.1 Å². The molecule has 0 aromatic rings. The summed E-state index contributed by atoms with van der Waals surface area (Å²) >= 11 is 0. The molecule has 0 aliphatic carbocycles. The van der Waals surface area contributed by atoms with Crippen molar-refractivity contribution in [3.63, 3.8) is 0 Å². The lowest BCUT2D eigenvalue weighted by molar-refractivity contribution is -0.284. The van der Waals surface area contributed by atoms with E-state index in [2.05, 4.69) is 135 Å². The fraction of sp³-hybridized carbons (Fsp3) is 1.00. The Labute approximate surface area is 259 Å². The van der Waals surface area contributed by atoms with Crippen molar-refractivity contribution >= 4 is 33.3 Å². The molecule has 0 aromatic carbocycles. The lowest BCUT2D eigenvalue weighted by Crippen LogP contribution is -2.68. The SMILES string of the molecule is CO[C@H]1O[C@H](CO[Si](C)(C)C(C)(C)C)[C@@H](O[Si](C)(C)C(C)(C)C)[C@H](O[Si](C)(C)C(C)(C)C)[C@H]1O[Si](C)(C)C(C)(C)C. The Balaban J connectivity index is 3.83. The van der Waals surface area contributed by atoms with Gasteiger partial charge in [0.05, 0.1) is 6.61 Å². The minimum absolute atomic E-state index is 0.0179. The molecule has 0 N–H and O–H groups in total. The molecule has 0 radical (unpaired) electrons. The summed E-state index contributed by atoms with van der Waals surface area (Å²) in [6.45, 7) is 46.2. The monoisotopic (exact) mass is 650 g/mol. The molecule has 41 heavy (non-hydrogen) atoms. The van der Waals surface area contributed by atoms with Crippen molar-refractivity contribution in [1.82, 2.24) is 0 Å². The van der Waals surface area contributed by atoms with E-state index in [1.807, 2.05) is 0 Å². The Morgan fingerprint density at radius 2 is 0.805 bits per heavy atom. The van der Waals surface area contributed by atoms with Crippen LogP contribution in [0.2, 0.25) is 72.5 Å². The molecule has 1 fully saturated rings. The predicted molar refractivity (Wildman–Crippen MR) is 185 cm³/mol. The van der Waals surface area contributed by atoms with Crippen molar-refractivity contribution in [3.05, 3.63) is 0 Å². The molecule has 1 saturated heterocycles. The van der Waals surface area contributed by atoms with Gasteiger partial charge < -0.3 is 27.2 Å². The molecular formula is C31H70O6Si4. The smallest absolute Gasteiger partial charge is 0.192 e. The molecule has 0 saturated carbocycles. The third kappa shape index (κ3) is 9.56. The van der Waals surface area contributed by atoms with Gasteiger partial charge in [-0.25, -0.2) is 0 Å². The van der Waals surface area contributed by atoms with Gasteiger partial charge in [0.2, 0.25) is 0 Å². The second kappa shape index (κ2) is 12.8. The van der Waals surface area contributed by atoms with Crippen molar-refractivity contribution in [2.75, 3.05) is 13.7 Å². The normalized spacial score (nSPS) is 26.4. The number of ether oxygens (including phenoxy) is 2. The van der Waals surface area contributed by atoms with Crippen LogP contribution in [0, 0.1) is 0 Å². The molecule has 0 unspecified atom stereocenters. The molecule has 5 atom stereocenters. The minimum atomic E-state index is -2.25. The molecule has 10 heteroatoms. The van der Waals surface area contributed by atoms with Crippen LogP contribution in [0.5, 0.6) is 0 Å². The Morgan fingerprint density at radius 1 is 0.488 bits per heavy atom. The molecule has 0 spiro atoms. The summed E-state index contributed by atoms with van der Waals surface area (Å²) in [6, 6.07) is 0. The highest BCUT2D eigenvalue weighted by Crippen LogP contribution is 2.46. The largest absolute Gasteiger partial charge is 0.414 e. The van der Waals surface area contributed by atoms with Crippen molar-refractivity contribution in [3.8, 4) is 0 Å². The zero-order valence-corrected chi connectivity index (χ0v) is 35.0. The number of methoxy groups -OCH3 is 1. The first-order chi connectivity index (χ1) is 17.8. The molecule has 0 amide bonds. The summed E-state index contributed by atoms with van der Waals surface area (Å²) in [6.07, 6.45) is -2.00. The van der Waals surface area contributed by atoms with E-state index in [-0.39, 0.29) is 38.5 Å². The molecule has 1 aliphatic heterocycles. The standard InChI is InChI=1S/C31H70O6Si4/c1-28(2,3)38(14,15)33-22-23-24(35-39(16,17)29(4,5)6)25(36-40(18,19)30(7,8)9)26(27(32-13)34-23)37-41(20,21)31(10,11)12/h23-27H,22H2,1-21H3/t23-,24-,25+,26-,27+/m1/s1. The first-order valence-electron chi connectivity index (χ1n) is 15.7. The maximum atomic E-state index is 7.38. The van der Waals surface area contributed by atoms with Crippen molar-refractivity contribution in [2.24, 2.45) is 0 Å². The lowest BCUT2D eigenvalue weighted by Gasteiger charge is -2.54. The predicted octanol–water partition coefficient (Wildman–Crippen LogP) is 9.55. The first-order valence-corrected chi connectivity index (χ1v) is 27.3. The Bertz CT molecular complexity index is 847. The van der Waals surface area contributed by atoms with Crippen LogP contribution in [0.3, 0.4) is 0 Å². The fourth-order valence-corrected chi connectivity index (χ4v) is 8.58. The number of hydrogen-bond donors (Lipinski definition) is 0. The van der Waals surface area contributed by atoms with Gasteiger partial charge in [0.15, 0.2) is 39.6 Å². The minimum Gasteiger partial charge on any atom is -0.414 e. The van der Waals surface area contributed by atoms with E-state index in [0.29, 0.717) is 6.61 Å². The third-order valence-corrected chi connectivity index (χ3v) is 28.9. The Morgan fingerprint density at radius 3 is 1.12 bits per heavy atom. The zero-order chi connectivity index (χ0) is 32.8. The summed E-state index contributed by atoms with van der Waals surface area (Å²) in [5.41, 5.74) is 0. The van der Waals surface area contributed by atoms with E-state index >= 15 is 0 Å². The van der Waals surface area contributed by atoms with E-state index in [1.54, 1.807) is 7.11 Å². The van der Waals surface area contributed by atoms with E-state index in [0.717, 1.165) is 0 Å². The average Bonchev–Trinajstić information content (AvgIpc) is 2.71. The molecule has 0 aromatic heterocycles. The first kappa shape index (κ1) is 39.7. The molecule has 0 bridgehead atoms. The number of hydrogen-bond acceptors (Lipinski definition) is 6. The maximum absolute atomic E-state index is 7.38. The molecule has 1 aliphatic rings.